The van der Waals surface area contributed by atoms with Crippen molar-refractivity contribution in [2.75, 3.05) is 13.1 Å². The molecule has 21 heavy (non-hydrogen) atoms. The van der Waals surface area contributed by atoms with Crippen LogP contribution in [0.3, 0.4) is 0 Å². The molecule has 1 aliphatic carbocycles. The number of hydrogen-bond donors (Lipinski definition) is 2. The van der Waals surface area contributed by atoms with Crippen molar-refractivity contribution in [1.29, 1.82) is 0 Å². The smallest absolute Gasteiger partial charge is 0.223 e. The van der Waals surface area contributed by atoms with Gasteiger partial charge in [0.15, 0.2) is 0 Å². The van der Waals surface area contributed by atoms with Crippen LogP contribution in [0.2, 0.25) is 0 Å². The van der Waals surface area contributed by atoms with E-state index in [1.54, 1.807) is 0 Å². The fourth-order valence-electron chi connectivity index (χ4n) is 3.27. The van der Waals surface area contributed by atoms with Crippen LogP contribution in [0.25, 0.3) is 0 Å². The predicted octanol–water partition coefficient (Wildman–Crippen LogP) is 1.76. The summed E-state index contributed by atoms with van der Waals surface area (Å²) in [6.07, 6.45) is 8.41. The second kappa shape index (κ2) is 7.27. The van der Waals surface area contributed by atoms with Gasteiger partial charge in [0.1, 0.15) is 0 Å². The van der Waals surface area contributed by atoms with E-state index < -0.39 is 0 Å². The summed E-state index contributed by atoms with van der Waals surface area (Å²) >= 11 is 0. The summed E-state index contributed by atoms with van der Waals surface area (Å²) < 4.78 is 2.01. The fraction of sp³-hybridized carbons (Fsp3) is 0.733. The highest BCUT2D eigenvalue weighted by atomic mass is 35.5. The number of hydrogen-bond acceptors (Lipinski definition) is 3. The first kappa shape index (κ1) is 16.3. The van der Waals surface area contributed by atoms with Crippen LogP contribution >= 0.6 is 12.4 Å². The van der Waals surface area contributed by atoms with Crippen LogP contribution in [-0.2, 0) is 4.79 Å². The second-order valence-electron chi connectivity index (χ2n) is 6.16. The SMILES string of the molecule is CC(C(=O)NC1CCCCC1n1cccn1)C1CNC1.Cl. The van der Waals surface area contributed by atoms with Crippen LogP contribution in [0.15, 0.2) is 18.5 Å². The molecule has 3 rings (SSSR count). The lowest BCUT2D eigenvalue weighted by atomic mass is 9.86. The first-order chi connectivity index (χ1) is 9.75. The van der Waals surface area contributed by atoms with Gasteiger partial charge < -0.3 is 10.6 Å². The Balaban J connectivity index is 0.00000161. The van der Waals surface area contributed by atoms with E-state index in [0.29, 0.717) is 12.0 Å². The largest absolute Gasteiger partial charge is 0.351 e. The standard InChI is InChI=1S/C15H24N4O.ClH/c1-11(12-9-16-10-12)15(20)18-13-5-2-3-6-14(13)19-8-4-7-17-19;/h4,7-8,11-14,16H,2-3,5-6,9-10H2,1H3,(H,18,20);1H. The van der Waals surface area contributed by atoms with Crippen molar-refractivity contribution in [2.45, 2.75) is 44.7 Å². The van der Waals surface area contributed by atoms with Crippen molar-refractivity contribution < 1.29 is 4.79 Å². The molecule has 0 aromatic carbocycles. The molecule has 2 N–H and O–H groups in total. The Morgan fingerprint density at radius 1 is 1.38 bits per heavy atom. The maximum Gasteiger partial charge on any atom is 0.223 e. The van der Waals surface area contributed by atoms with Crippen LogP contribution in [0.1, 0.15) is 38.6 Å². The molecule has 1 amide bonds. The number of nitrogens with one attached hydrogen (secondary N) is 2. The minimum Gasteiger partial charge on any atom is -0.351 e. The molecule has 0 spiro atoms. The summed E-state index contributed by atoms with van der Waals surface area (Å²) in [5, 5.41) is 10.9. The molecular formula is C15H25ClN4O. The van der Waals surface area contributed by atoms with Crippen molar-refractivity contribution in [2.24, 2.45) is 11.8 Å². The average molecular weight is 313 g/mol. The molecule has 1 aromatic heterocycles. The van der Waals surface area contributed by atoms with Gasteiger partial charge >= 0.3 is 0 Å². The van der Waals surface area contributed by atoms with Crippen LogP contribution < -0.4 is 10.6 Å². The van der Waals surface area contributed by atoms with Gasteiger partial charge in [0.05, 0.1) is 12.1 Å². The molecule has 6 heteroatoms. The first-order valence-corrected chi connectivity index (χ1v) is 7.76. The minimum atomic E-state index is 0. The molecule has 1 aliphatic heterocycles. The molecule has 5 nitrogen and oxygen atoms in total. The monoisotopic (exact) mass is 312 g/mol. The van der Waals surface area contributed by atoms with E-state index in [0.717, 1.165) is 25.9 Å². The average Bonchev–Trinajstić information content (AvgIpc) is 2.91. The van der Waals surface area contributed by atoms with Gasteiger partial charge in [-0.25, -0.2) is 0 Å². The zero-order chi connectivity index (χ0) is 13.9. The first-order valence-electron chi connectivity index (χ1n) is 7.76. The van der Waals surface area contributed by atoms with Crippen molar-refractivity contribution in [3.05, 3.63) is 18.5 Å². The minimum absolute atomic E-state index is 0. The maximum absolute atomic E-state index is 12.4. The molecule has 1 saturated carbocycles. The highest BCUT2D eigenvalue weighted by molar-refractivity contribution is 5.85. The quantitative estimate of drug-likeness (QED) is 0.890. The van der Waals surface area contributed by atoms with Crippen LogP contribution in [0.4, 0.5) is 0 Å². The van der Waals surface area contributed by atoms with E-state index >= 15 is 0 Å². The summed E-state index contributed by atoms with van der Waals surface area (Å²) in [4.78, 5) is 12.4. The van der Waals surface area contributed by atoms with Gasteiger partial charge in [0.2, 0.25) is 5.91 Å². The molecule has 1 saturated heterocycles. The van der Waals surface area contributed by atoms with Crippen LogP contribution in [0, 0.1) is 11.8 Å². The molecule has 118 valence electrons. The third-order valence-electron chi connectivity index (χ3n) is 4.86. The Hall–Kier alpha value is -1.07. The summed E-state index contributed by atoms with van der Waals surface area (Å²) in [7, 11) is 0. The topological polar surface area (TPSA) is 59.0 Å². The zero-order valence-corrected chi connectivity index (χ0v) is 13.3. The lowest BCUT2D eigenvalue weighted by Gasteiger charge is -2.36. The molecule has 2 heterocycles. The Kier molecular flexibility index (Phi) is 5.65. The van der Waals surface area contributed by atoms with Crippen LogP contribution in [0.5, 0.6) is 0 Å². The molecular weight excluding hydrogens is 288 g/mol. The highest BCUT2D eigenvalue weighted by Crippen LogP contribution is 2.28. The molecule has 3 unspecified atom stereocenters. The number of carbonyl (C=O) groups is 1. The van der Waals surface area contributed by atoms with Gasteiger partial charge in [0.25, 0.3) is 0 Å². The molecule has 0 bridgehead atoms. The van der Waals surface area contributed by atoms with Crippen molar-refractivity contribution in [3.8, 4) is 0 Å². The summed E-state index contributed by atoms with van der Waals surface area (Å²) in [6, 6.07) is 2.50. The number of nitrogens with zero attached hydrogens (tertiary/aromatic N) is 2. The molecule has 3 atom stereocenters. The normalized spacial score (nSPS) is 27.3. The number of aromatic nitrogens is 2. The lowest BCUT2D eigenvalue weighted by molar-refractivity contribution is -0.128. The van der Waals surface area contributed by atoms with E-state index in [1.807, 2.05) is 30.1 Å². The number of carbonyl (C=O) groups excluding carboxylic acids is 1. The summed E-state index contributed by atoms with van der Waals surface area (Å²) in [6.45, 7) is 4.00. The van der Waals surface area contributed by atoms with Gasteiger partial charge in [-0.1, -0.05) is 19.8 Å². The van der Waals surface area contributed by atoms with Crippen molar-refractivity contribution in [3.63, 3.8) is 0 Å². The number of rotatable bonds is 4. The van der Waals surface area contributed by atoms with E-state index in [9.17, 15) is 4.79 Å². The second-order valence-corrected chi connectivity index (χ2v) is 6.16. The van der Waals surface area contributed by atoms with E-state index in [1.165, 1.54) is 12.8 Å². The molecule has 2 fully saturated rings. The summed E-state index contributed by atoms with van der Waals surface area (Å²) in [5.41, 5.74) is 0. The third kappa shape index (κ3) is 3.58. The number of amides is 1. The van der Waals surface area contributed by atoms with Crippen LogP contribution in [-0.4, -0.2) is 34.8 Å². The third-order valence-corrected chi connectivity index (χ3v) is 4.86. The highest BCUT2D eigenvalue weighted by Gasteiger charge is 2.33. The Morgan fingerprint density at radius 2 is 2.14 bits per heavy atom. The van der Waals surface area contributed by atoms with Gasteiger partial charge in [-0.15, -0.1) is 12.4 Å². The van der Waals surface area contributed by atoms with Crippen molar-refractivity contribution >= 4 is 18.3 Å². The Labute approximate surface area is 132 Å². The molecule has 1 aromatic rings. The molecule has 2 aliphatic rings. The zero-order valence-electron chi connectivity index (χ0n) is 12.5. The fourth-order valence-corrected chi connectivity index (χ4v) is 3.27. The van der Waals surface area contributed by atoms with E-state index in [2.05, 4.69) is 15.7 Å². The Bertz CT molecular complexity index is 447. The maximum atomic E-state index is 12.4. The number of halogens is 1. The Morgan fingerprint density at radius 3 is 2.76 bits per heavy atom. The van der Waals surface area contributed by atoms with Gasteiger partial charge in [0, 0.05) is 18.3 Å². The van der Waals surface area contributed by atoms with Gasteiger partial charge in [-0.2, -0.15) is 5.10 Å². The van der Waals surface area contributed by atoms with Gasteiger partial charge in [-0.3, -0.25) is 9.48 Å². The van der Waals surface area contributed by atoms with E-state index in [-0.39, 0.29) is 30.3 Å². The lowest BCUT2D eigenvalue weighted by Crippen LogP contribution is -2.52. The molecule has 0 radical (unpaired) electrons. The summed E-state index contributed by atoms with van der Waals surface area (Å²) in [5.74, 6) is 0.818. The van der Waals surface area contributed by atoms with Crippen molar-refractivity contribution in [1.82, 2.24) is 20.4 Å². The predicted molar refractivity (Wildman–Crippen MR) is 84.4 cm³/mol. The van der Waals surface area contributed by atoms with E-state index in [4.69, 9.17) is 0 Å². The van der Waals surface area contributed by atoms with Gasteiger partial charge in [-0.05, 0) is 37.9 Å².